The van der Waals surface area contributed by atoms with Crippen molar-refractivity contribution in [3.8, 4) is 0 Å². The maximum absolute atomic E-state index is 5.42. The Morgan fingerprint density at radius 1 is 1.06 bits per heavy atom. The van der Waals surface area contributed by atoms with Crippen LogP contribution in [0.3, 0.4) is 0 Å². The number of aryl methyl sites for hydroxylation is 1. The molecule has 0 aliphatic heterocycles. The van der Waals surface area contributed by atoms with E-state index in [1.54, 1.807) is 0 Å². The Morgan fingerprint density at radius 3 is 2.06 bits per heavy atom. The molecule has 0 saturated heterocycles. The summed E-state index contributed by atoms with van der Waals surface area (Å²) in [5.74, 6) is 0.882. The number of nitrogens with zero attached hydrogens (tertiary/aromatic N) is 4. The van der Waals surface area contributed by atoms with E-state index < -0.39 is 0 Å². The molecule has 0 atom stereocenters. The number of hydrogen-bond donors (Lipinski definition) is 2. The normalized spacial score (nSPS) is 14.2. The van der Waals surface area contributed by atoms with Crippen molar-refractivity contribution in [3.63, 3.8) is 0 Å². The Morgan fingerprint density at radius 2 is 1.71 bits per heavy atom. The zero-order valence-corrected chi connectivity index (χ0v) is 11.1. The van der Waals surface area contributed by atoms with Crippen molar-refractivity contribution in [1.29, 1.82) is 0 Å². The van der Waals surface area contributed by atoms with Gasteiger partial charge in [0.05, 0.1) is 0 Å². The maximum Gasteiger partial charge on any atom is 0.203 e. The molecule has 2 aromatic rings. The largest absolute Gasteiger partial charge is 0.374 e. The van der Waals surface area contributed by atoms with E-state index in [1.165, 1.54) is 35.5 Å². The van der Waals surface area contributed by atoms with Crippen LogP contribution in [-0.4, -0.2) is 20.4 Å². The SMILES string of the molecule is Cc1nnc(N)s1.Nc1nnc(CC2CC2)s1. The highest BCUT2D eigenvalue weighted by molar-refractivity contribution is 7.15. The quantitative estimate of drug-likeness (QED) is 0.857. The van der Waals surface area contributed by atoms with Crippen molar-refractivity contribution < 1.29 is 0 Å². The number of hydrogen-bond acceptors (Lipinski definition) is 8. The molecule has 6 nitrogen and oxygen atoms in total. The molecule has 4 N–H and O–H groups in total. The molecule has 17 heavy (non-hydrogen) atoms. The molecule has 0 spiro atoms. The van der Waals surface area contributed by atoms with Crippen LogP contribution in [-0.2, 0) is 6.42 Å². The number of nitrogens with two attached hydrogens (primary N) is 2. The Bertz CT molecular complexity index is 459. The van der Waals surface area contributed by atoms with Crippen LogP contribution in [0.5, 0.6) is 0 Å². The average Bonchev–Trinajstić information content (AvgIpc) is 2.87. The van der Waals surface area contributed by atoms with Crippen molar-refractivity contribution in [2.75, 3.05) is 11.5 Å². The lowest BCUT2D eigenvalue weighted by atomic mass is 10.3. The lowest BCUT2D eigenvalue weighted by molar-refractivity contribution is 0.807. The smallest absolute Gasteiger partial charge is 0.203 e. The number of anilines is 2. The summed E-state index contributed by atoms with van der Waals surface area (Å²) < 4.78 is 0. The predicted molar refractivity (Wildman–Crippen MR) is 69.8 cm³/mol. The summed E-state index contributed by atoms with van der Waals surface area (Å²) in [6, 6.07) is 0. The van der Waals surface area contributed by atoms with Gasteiger partial charge in [-0.05, 0) is 25.7 Å². The van der Waals surface area contributed by atoms with E-state index >= 15 is 0 Å². The first kappa shape index (κ1) is 12.2. The van der Waals surface area contributed by atoms with Gasteiger partial charge in [0.15, 0.2) is 0 Å². The standard InChI is InChI=1S/C6H9N3S.C3H5N3S/c7-6-9-8-5(10-6)3-4-1-2-4;1-2-5-6-3(4)7-2/h4H,1-3H2,(H2,7,9);1H3,(H2,4,6). The highest BCUT2D eigenvalue weighted by Crippen LogP contribution is 2.33. The summed E-state index contributed by atoms with van der Waals surface area (Å²) in [5.41, 5.74) is 10.6. The van der Waals surface area contributed by atoms with Crippen molar-refractivity contribution in [2.45, 2.75) is 26.2 Å². The monoisotopic (exact) mass is 270 g/mol. The van der Waals surface area contributed by atoms with E-state index in [4.69, 9.17) is 11.5 Å². The zero-order chi connectivity index (χ0) is 12.3. The van der Waals surface area contributed by atoms with Gasteiger partial charge in [0.1, 0.15) is 10.0 Å². The number of aromatic nitrogens is 4. The summed E-state index contributed by atoms with van der Waals surface area (Å²) in [7, 11) is 0. The minimum absolute atomic E-state index is 0.539. The van der Waals surface area contributed by atoms with E-state index in [1.807, 2.05) is 6.92 Å². The van der Waals surface area contributed by atoms with Crippen LogP contribution in [0.4, 0.5) is 10.3 Å². The van der Waals surface area contributed by atoms with Gasteiger partial charge in [0.25, 0.3) is 0 Å². The fraction of sp³-hybridized carbons (Fsp3) is 0.556. The van der Waals surface area contributed by atoms with Gasteiger partial charge in [-0.25, -0.2) is 0 Å². The van der Waals surface area contributed by atoms with Crippen LogP contribution in [0.2, 0.25) is 0 Å². The molecule has 0 unspecified atom stereocenters. The lowest BCUT2D eigenvalue weighted by Crippen LogP contribution is -1.84. The second-order valence-electron chi connectivity index (χ2n) is 3.84. The molecule has 0 bridgehead atoms. The molecule has 1 fully saturated rings. The molecule has 0 aromatic carbocycles. The van der Waals surface area contributed by atoms with Gasteiger partial charge >= 0.3 is 0 Å². The molecule has 92 valence electrons. The first-order chi connectivity index (χ1) is 8.13. The highest BCUT2D eigenvalue weighted by atomic mass is 32.1. The molecular weight excluding hydrogens is 256 g/mol. The first-order valence-electron chi connectivity index (χ1n) is 5.27. The fourth-order valence-corrected chi connectivity index (χ4v) is 2.42. The van der Waals surface area contributed by atoms with Crippen molar-refractivity contribution in [2.24, 2.45) is 5.92 Å². The third kappa shape index (κ3) is 4.23. The molecule has 1 aliphatic rings. The summed E-state index contributed by atoms with van der Waals surface area (Å²) in [4.78, 5) is 0. The van der Waals surface area contributed by atoms with Crippen LogP contribution in [0.15, 0.2) is 0 Å². The van der Waals surface area contributed by atoms with Crippen LogP contribution < -0.4 is 11.5 Å². The van der Waals surface area contributed by atoms with Gasteiger partial charge in [-0.3, -0.25) is 0 Å². The Labute approximate surface area is 107 Å². The summed E-state index contributed by atoms with van der Waals surface area (Å²) in [6.07, 6.45) is 3.81. The van der Waals surface area contributed by atoms with Gasteiger partial charge in [-0.2, -0.15) is 0 Å². The summed E-state index contributed by atoms with van der Waals surface area (Å²) >= 11 is 2.91. The van der Waals surface area contributed by atoms with Gasteiger partial charge in [0.2, 0.25) is 10.3 Å². The van der Waals surface area contributed by atoms with Crippen molar-refractivity contribution >= 4 is 32.9 Å². The van der Waals surface area contributed by atoms with Gasteiger partial charge in [0, 0.05) is 6.42 Å². The van der Waals surface area contributed by atoms with E-state index in [9.17, 15) is 0 Å². The summed E-state index contributed by atoms with van der Waals surface area (Å²) in [6.45, 7) is 1.87. The van der Waals surface area contributed by atoms with Gasteiger partial charge in [-0.15, -0.1) is 20.4 Å². The highest BCUT2D eigenvalue weighted by Gasteiger charge is 2.22. The number of rotatable bonds is 2. The Balaban J connectivity index is 0.000000136. The third-order valence-electron chi connectivity index (χ3n) is 2.18. The second-order valence-corrected chi connectivity index (χ2v) is 6.15. The molecule has 8 heteroatoms. The lowest BCUT2D eigenvalue weighted by Gasteiger charge is -1.85. The van der Waals surface area contributed by atoms with Crippen LogP contribution in [0, 0.1) is 12.8 Å². The van der Waals surface area contributed by atoms with E-state index in [2.05, 4.69) is 20.4 Å². The minimum Gasteiger partial charge on any atom is -0.374 e. The Hall–Kier alpha value is -1.28. The maximum atomic E-state index is 5.42. The van der Waals surface area contributed by atoms with E-state index in [0.717, 1.165) is 22.4 Å². The molecule has 2 aromatic heterocycles. The minimum atomic E-state index is 0.539. The van der Waals surface area contributed by atoms with Crippen LogP contribution in [0.25, 0.3) is 0 Å². The first-order valence-corrected chi connectivity index (χ1v) is 6.90. The second kappa shape index (κ2) is 5.37. The molecular formula is C9H14N6S2. The van der Waals surface area contributed by atoms with Crippen molar-refractivity contribution in [3.05, 3.63) is 10.0 Å². The fourth-order valence-electron chi connectivity index (χ4n) is 1.23. The van der Waals surface area contributed by atoms with Gasteiger partial charge < -0.3 is 11.5 Å². The van der Waals surface area contributed by atoms with E-state index in [0.29, 0.717) is 10.3 Å². The topological polar surface area (TPSA) is 104 Å². The van der Waals surface area contributed by atoms with Crippen molar-refractivity contribution in [1.82, 2.24) is 20.4 Å². The van der Waals surface area contributed by atoms with Gasteiger partial charge in [-0.1, -0.05) is 22.7 Å². The van der Waals surface area contributed by atoms with Crippen LogP contribution in [0.1, 0.15) is 22.9 Å². The number of nitrogen functional groups attached to an aromatic ring is 2. The third-order valence-corrected chi connectivity index (χ3v) is 3.63. The Kier molecular flexibility index (Phi) is 3.85. The van der Waals surface area contributed by atoms with Crippen LogP contribution >= 0.6 is 22.7 Å². The molecule has 0 amide bonds. The molecule has 3 rings (SSSR count). The predicted octanol–water partition coefficient (Wildman–Crippen LogP) is 1.50. The average molecular weight is 270 g/mol. The molecule has 2 heterocycles. The molecule has 1 saturated carbocycles. The molecule has 0 radical (unpaired) electrons. The zero-order valence-electron chi connectivity index (χ0n) is 9.46. The summed E-state index contributed by atoms with van der Waals surface area (Å²) in [5, 5.41) is 18.0. The van der Waals surface area contributed by atoms with E-state index in [-0.39, 0.29) is 0 Å². The molecule has 1 aliphatic carbocycles.